The number of halogens is 1. The molecular weight excluding hydrogens is 236 g/mol. The van der Waals surface area contributed by atoms with E-state index < -0.39 is 0 Å². The first kappa shape index (κ1) is 14.5. The summed E-state index contributed by atoms with van der Waals surface area (Å²) in [7, 11) is 0. The van der Waals surface area contributed by atoms with Crippen LogP contribution in [0.2, 0.25) is 5.15 Å². The molecule has 0 unspecified atom stereocenters. The summed E-state index contributed by atoms with van der Waals surface area (Å²) in [4.78, 5) is 7.59. The third-order valence-electron chi connectivity index (χ3n) is 2.65. The van der Waals surface area contributed by atoms with E-state index in [2.05, 4.69) is 22.2 Å². The Hall–Kier alpha value is -0.580. The minimum absolute atomic E-state index is 0.599. The van der Waals surface area contributed by atoms with Gasteiger partial charge in [-0.15, -0.1) is 0 Å². The van der Waals surface area contributed by atoms with E-state index in [1.54, 1.807) is 0 Å². The zero-order chi connectivity index (χ0) is 12.5. The van der Waals surface area contributed by atoms with Gasteiger partial charge in [-0.25, -0.2) is 4.98 Å². The van der Waals surface area contributed by atoms with Crippen LogP contribution in [0.5, 0.6) is 0 Å². The molecule has 0 aliphatic heterocycles. The van der Waals surface area contributed by atoms with Crippen LogP contribution in [0.4, 0.5) is 0 Å². The molecule has 0 aliphatic rings. The average Bonchev–Trinajstić information content (AvgIpc) is 2.67. The summed E-state index contributed by atoms with van der Waals surface area (Å²) >= 11 is 6.06. The van der Waals surface area contributed by atoms with E-state index in [-0.39, 0.29) is 0 Å². The molecule has 0 aliphatic carbocycles. The number of hydrogen-bond donors (Lipinski definition) is 3. The van der Waals surface area contributed by atoms with Gasteiger partial charge in [0.1, 0.15) is 5.82 Å². The maximum absolute atomic E-state index is 6.06. The second-order valence-electron chi connectivity index (χ2n) is 4.23. The van der Waals surface area contributed by atoms with Gasteiger partial charge in [-0.3, -0.25) is 0 Å². The highest BCUT2D eigenvalue weighted by Gasteiger charge is 2.06. The van der Waals surface area contributed by atoms with E-state index in [0.29, 0.717) is 5.15 Å². The molecule has 0 radical (unpaired) electrons. The van der Waals surface area contributed by atoms with Crippen molar-refractivity contribution in [3.63, 3.8) is 0 Å². The van der Waals surface area contributed by atoms with Gasteiger partial charge < -0.3 is 16.0 Å². The Kier molecular flexibility index (Phi) is 7.24. The van der Waals surface area contributed by atoms with Crippen LogP contribution in [0.15, 0.2) is 0 Å². The Balaban J connectivity index is 2.29. The van der Waals surface area contributed by atoms with Crippen LogP contribution < -0.4 is 11.1 Å². The molecule has 0 saturated carbocycles. The molecule has 0 bridgehead atoms. The molecule has 98 valence electrons. The van der Waals surface area contributed by atoms with Gasteiger partial charge in [0.15, 0.2) is 5.15 Å². The van der Waals surface area contributed by atoms with E-state index in [0.717, 1.165) is 56.8 Å². The zero-order valence-corrected chi connectivity index (χ0v) is 11.3. The molecule has 1 heterocycles. The summed E-state index contributed by atoms with van der Waals surface area (Å²) in [5, 5.41) is 3.93. The lowest BCUT2D eigenvalue weighted by Gasteiger charge is -2.02. The number of nitrogens with two attached hydrogens (primary N) is 1. The quantitative estimate of drug-likeness (QED) is 0.595. The first-order valence-electron chi connectivity index (χ1n) is 6.42. The Morgan fingerprint density at radius 2 is 2.18 bits per heavy atom. The Morgan fingerprint density at radius 1 is 1.35 bits per heavy atom. The van der Waals surface area contributed by atoms with Crippen molar-refractivity contribution in [3.05, 3.63) is 16.7 Å². The standard InChI is InChI=1S/C12H23ClN4/c1-2-3-6-11-16-10(12(13)17-11)9-15-8-5-4-7-14/h15H,2-9,14H2,1H3,(H,16,17). The van der Waals surface area contributed by atoms with Crippen LogP contribution in [0.3, 0.4) is 0 Å². The molecule has 5 heteroatoms. The van der Waals surface area contributed by atoms with Gasteiger partial charge in [-0.1, -0.05) is 24.9 Å². The number of aromatic nitrogens is 2. The molecule has 1 rings (SSSR count). The van der Waals surface area contributed by atoms with E-state index in [9.17, 15) is 0 Å². The van der Waals surface area contributed by atoms with E-state index >= 15 is 0 Å². The SMILES string of the molecule is CCCCc1nc(Cl)c(CNCCCCN)[nH]1. The predicted molar refractivity (Wildman–Crippen MR) is 72.2 cm³/mol. The molecular formula is C12H23ClN4. The van der Waals surface area contributed by atoms with Crippen molar-refractivity contribution in [1.29, 1.82) is 0 Å². The number of aryl methyl sites for hydroxylation is 1. The highest BCUT2D eigenvalue weighted by molar-refractivity contribution is 6.30. The summed E-state index contributed by atoms with van der Waals surface area (Å²) < 4.78 is 0. The van der Waals surface area contributed by atoms with Crippen LogP contribution in [-0.4, -0.2) is 23.1 Å². The molecule has 0 fully saturated rings. The predicted octanol–water partition coefficient (Wildman–Crippen LogP) is 2.23. The Labute approximate surface area is 108 Å². The number of nitrogens with zero attached hydrogens (tertiary/aromatic N) is 1. The highest BCUT2D eigenvalue weighted by atomic mass is 35.5. The van der Waals surface area contributed by atoms with Crippen molar-refractivity contribution in [2.75, 3.05) is 13.1 Å². The van der Waals surface area contributed by atoms with Gasteiger partial charge >= 0.3 is 0 Å². The van der Waals surface area contributed by atoms with Gasteiger partial charge in [0.05, 0.1) is 5.69 Å². The van der Waals surface area contributed by atoms with E-state index in [1.807, 2.05) is 0 Å². The summed E-state index contributed by atoms with van der Waals surface area (Å²) in [6.07, 6.45) is 5.46. The first-order chi connectivity index (χ1) is 8.27. The number of aromatic amines is 1. The second-order valence-corrected chi connectivity index (χ2v) is 4.59. The first-order valence-corrected chi connectivity index (χ1v) is 6.79. The van der Waals surface area contributed by atoms with Crippen LogP contribution >= 0.6 is 11.6 Å². The monoisotopic (exact) mass is 258 g/mol. The van der Waals surface area contributed by atoms with Crippen LogP contribution in [0.25, 0.3) is 0 Å². The third kappa shape index (κ3) is 5.52. The lowest BCUT2D eigenvalue weighted by Crippen LogP contribution is -2.16. The number of rotatable bonds is 9. The smallest absolute Gasteiger partial charge is 0.151 e. The second kappa shape index (κ2) is 8.50. The number of H-pyrrole nitrogens is 1. The third-order valence-corrected chi connectivity index (χ3v) is 2.97. The van der Waals surface area contributed by atoms with E-state index in [4.69, 9.17) is 17.3 Å². The largest absolute Gasteiger partial charge is 0.344 e. The number of nitrogens with one attached hydrogen (secondary N) is 2. The minimum atomic E-state index is 0.599. The molecule has 0 amide bonds. The number of hydrogen-bond acceptors (Lipinski definition) is 3. The van der Waals surface area contributed by atoms with E-state index in [1.165, 1.54) is 6.42 Å². The van der Waals surface area contributed by atoms with Gasteiger partial charge in [0.25, 0.3) is 0 Å². The van der Waals surface area contributed by atoms with Crippen molar-refractivity contribution in [2.45, 2.75) is 45.6 Å². The summed E-state index contributed by atoms with van der Waals surface area (Å²) in [6, 6.07) is 0. The molecule has 4 N–H and O–H groups in total. The van der Waals surface area contributed by atoms with Crippen molar-refractivity contribution in [1.82, 2.24) is 15.3 Å². The lowest BCUT2D eigenvalue weighted by molar-refractivity contribution is 0.621. The molecule has 0 atom stereocenters. The fourth-order valence-electron chi connectivity index (χ4n) is 1.63. The molecule has 0 aromatic carbocycles. The Morgan fingerprint density at radius 3 is 2.88 bits per heavy atom. The van der Waals surface area contributed by atoms with Crippen molar-refractivity contribution >= 4 is 11.6 Å². The van der Waals surface area contributed by atoms with Crippen molar-refractivity contribution in [3.8, 4) is 0 Å². The molecule has 4 nitrogen and oxygen atoms in total. The lowest BCUT2D eigenvalue weighted by atomic mass is 10.2. The van der Waals surface area contributed by atoms with Crippen LogP contribution in [0, 0.1) is 0 Å². The normalized spacial score (nSPS) is 11.0. The maximum Gasteiger partial charge on any atom is 0.151 e. The minimum Gasteiger partial charge on any atom is -0.344 e. The Bertz CT molecular complexity index is 311. The zero-order valence-electron chi connectivity index (χ0n) is 10.6. The van der Waals surface area contributed by atoms with Crippen LogP contribution in [-0.2, 0) is 13.0 Å². The number of imidazole rings is 1. The summed E-state index contributed by atoms with van der Waals surface area (Å²) in [5.74, 6) is 0.996. The number of unbranched alkanes of at least 4 members (excludes halogenated alkanes) is 2. The van der Waals surface area contributed by atoms with Gasteiger partial charge in [0, 0.05) is 13.0 Å². The maximum atomic E-state index is 6.06. The van der Waals surface area contributed by atoms with Crippen molar-refractivity contribution < 1.29 is 0 Å². The van der Waals surface area contributed by atoms with Gasteiger partial charge in [-0.05, 0) is 32.4 Å². The van der Waals surface area contributed by atoms with Gasteiger partial charge in [-0.2, -0.15) is 0 Å². The molecule has 0 saturated heterocycles. The molecule has 0 spiro atoms. The van der Waals surface area contributed by atoms with Crippen LogP contribution in [0.1, 0.15) is 44.1 Å². The topological polar surface area (TPSA) is 66.7 Å². The van der Waals surface area contributed by atoms with Crippen molar-refractivity contribution in [2.24, 2.45) is 5.73 Å². The summed E-state index contributed by atoms with van der Waals surface area (Å²) in [5.41, 5.74) is 6.42. The fourth-order valence-corrected chi connectivity index (χ4v) is 1.84. The molecule has 17 heavy (non-hydrogen) atoms. The average molecular weight is 259 g/mol. The van der Waals surface area contributed by atoms with Gasteiger partial charge in [0.2, 0.25) is 0 Å². The highest BCUT2D eigenvalue weighted by Crippen LogP contribution is 2.13. The summed E-state index contributed by atoms with van der Waals surface area (Å²) in [6.45, 7) is 4.65. The fraction of sp³-hybridized carbons (Fsp3) is 0.750. The molecule has 1 aromatic heterocycles. The molecule has 1 aromatic rings.